The van der Waals surface area contributed by atoms with Crippen LogP contribution in [0, 0.1) is 5.92 Å². The van der Waals surface area contributed by atoms with E-state index in [9.17, 15) is 60.7 Å². The van der Waals surface area contributed by atoms with E-state index in [-0.39, 0.29) is 72.3 Å². The number of aliphatic hydroxyl groups excluding tert-OH is 6. The first-order valence-electron chi connectivity index (χ1n) is 49.2. The Morgan fingerprint density at radius 3 is 1.54 bits per heavy atom. The van der Waals surface area contributed by atoms with Crippen molar-refractivity contribution in [3.8, 4) is 90.5 Å². The summed E-state index contributed by atoms with van der Waals surface area (Å²) >= 11 is 15.1. The van der Waals surface area contributed by atoms with Crippen molar-refractivity contribution in [3.63, 3.8) is 0 Å². The van der Waals surface area contributed by atoms with Crippen LogP contribution in [-0.4, -0.2) is 220 Å². The standard InChI is InChI=1S/C112H118Cl2N10O26/c1-56(2)41-78(124(7)54-61-27-33-67(34-28-61)64-21-15-10-16-22-64)104(136)122-93-95(130)69-36-39-81(75(113)43-69)145-83-45-71-46-84(99(83)150-110-100(97(132)96(131)85(55-125)147-110)149-88-51-112(6,102(134)58(4)144-88)117-53-60-25-31-66(32-26-60)63-19-13-9-14-20-63)146-82-40-37-70(44-76(82)114)98(148-87-50-111(5,101(133)57(3)143-87)116-52-59-23-29-65(30-24-59)62-17-11-8-12-18-62)94-108(140)121-92(109(141)142)74-47-72(126)48-80(128)89(74)73-42-68(35-38-79(73)127)90(105(137)123-94)120-106(138)91(71)119-103(135)77(49-86(115)129)118-107(93)139/h8-40,42-48,56-58,77-78,85,87-88,90-98,100-102,110,116-117,125-128,130-134H,41,49-55H2,1-7H3,(H2,115,129)(H,118,139)(H,119,135)(H,120,138)(H,121,140)(H,122,136)(H,123,137)(H,141,142)/t57-,58-,77-,78+,85+,87-,88-,90+,91+,92-,93+,94-,95+,96+,97-,98+,100+,101-,102-,110-,111-,112-/m0/s1. The second-order valence-corrected chi connectivity index (χ2v) is 40.4. The molecule has 3 saturated heterocycles. The van der Waals surface area contributed by atoms with Crippen LogP contribution >= 0.6 is 23.2 Å². The first kappa shape index (κ1) is 107. The molecule has 0 unspecified atom stereocenters. The summed E-state index contributed by atoms with van der Waals surface area (Å²) in [7, 11) is 1.70. The van der Waals surface area contributed by atoms with Gasteiger partial charge in [-0.2, -0.15) is 0 Å². The number of carboxylic acid groups (broad SMARTS) is 1. The Hall–Kier alpha value is -14.0. The first-order chi connectivity index (χ1) is 71.7. The van der Waals surface area contributed by atoms with Crippen molar-refractivity contribution in [1.29, 1.82) is 0 Å². The summed E-state index contributed by atoms with van der Waals surface area (Å²) in [4.78, 5) is 127. The number of aromatic hydroxyl groups is 3. The maximum atomic E-state index is 17.0. The quantitative estimate of drug-likeness (QED) is 0.0239. The van der Waals surface area contributed by atoms with Crippen LogP contribution in [0.4, 0.5) is 0 Å². The van der Waals surface area contributed by atoms with Gasteiger partial charge in [-0.05, 0) is 174 Å². The minimum atomic E-state index is -2.43. The molecule has 7 amide bonds. The number of nitrogens with one attached hydrogen (secondary N) is 8. The summed E-state index contributed by atoms with van der Waals surface area (Å²) < 4.78 is 54.3. The Labute approximate surface area is 873 Å². The van der Waals surface area contributed by atoms with E-state index in [0.29, 0.717) is 0 Å². The number of ether oxygens (including phenoxy) is 8. The highest BCUT2D eigenvalue weighted by molar-refractivity contribution is 6.32. The molecule has 11 aromatic rings. The largest absolute Gasteiger partial charge is 0.508 e. The van der Waals surface area contributed by atoms with E-state index < -0.39 is 261 Å². The Balaban J connectivity index is 0.823. The summed E-state index contributed by atoms with van der Waals surface area (Å²) in [5, 5.41) is 142. The highest BCUT2D eigenvalue weighted by Gasteiger charge is 2.54. The number of carbonyl (C=O) groups is 8. The molecule has 0 aliphatic carbocycles. The average Bonchev–Trinajstić information content (AvgIpc) is 0.758. The monoisotopic (exact) mass is 2090 g/mol. The number of phenolic OH excluding ortho intramolecular Hbond substituents is 3. The van der Waals surface area contributed by atoms with Gasteiger partial charge >= 0.3 is 5.97 Å². The molecule has 786 valence electrons. The number of amides is 7. The van der Waals surface area contributed by atoms with Crippen LogP contribution in [0.3, 0.4) is 0 Å². The van der Waals surface area contributed by atoms with Crippen molar-refractivity contribution >= 4 is 70.5 Å². The number of nitrogens with zero attached hydrogens (tertiary/aromatic N) is 1. The van der Waals surface area contributed by atoms with Gasteiger partial charge < -0.3 is 137 Å². The van der Waals surface area contributed by atoms with Gasteiger partial charge in [0.1, 0.15) is 89.5 Å². The zero-order chi connectivity index (χ0) is 107. The number of aliphatic carboxylic acids is 1. The molecule has 3 fully saturated rings. The molecule has 11 aromatic carbocycles. The molecule has 19 rings (SSSR count). The number of benzene rings is 11. The van der Waals surface area contributed by atoms with E-state index in [4.69, 9.17) is 66.8 Å². The fourth-order valence-electron chi connectivity index (χ4n) is 20.0. The summed E-state index contributed by atoms with van der Waals surface area (Å²) in [6.45, 7) is 9.86. The fraction of sp³-hybridized carbons (Fsp3) is 0.339. The zero-order valence-electron chi connectivity index (χ0n) is 82.7. The molecule has 36 nitrogen and oxygen atoms in total. The van der Waals surface area contributed by atoms with Crippen molar-refractivity contribution in [2.75, 3.05) is 13.7 Å². The Morgan fingerprint density at radius 1 is 0.527 bits per heavy atom. The molecule has 11 bridgehead atoms. The number of rotatable bonds is 26. The van der Waals surface area contributed by atoms with Crippen LogP contribution in [0.1, 0.15) is 142 Å². The third-order valence-electron chi connectivity index (χ3n) is 28.2. The van der Waals surface area contributed by atoms with Crippen molar-refractivity contribution in [2.24, 2.45) is 11.7 Å². The Bertz CT molecular complexity index is 6790. The molecule has 0 radical (unpaired) electrons. The van der Waals surface area contributed by atoms with E-state index >= 15 is 28.8 Å². The van der Waals surface area contributed by atoms with Crippen molar-refractivity contribution in [1.82, 2.24) is 47.4 Å². The average molecular weight is 2090 g/mol. The molecule has 20 N–H and O–H groups in total. The van der Waals surface area contributed by atoms with Gasteiger partial charge in [0.15, 0.2) is 36.2 Å². The maximum Gasteiger partial charge on any atom is 0.330 e. The van der Waals surface area contributed by atoms with Gasteiger partial charge in [0, 0.05) is 66.3 Å². The number of nitrogens with two attached hydrogens (primary N) is 1. The predicted octanol–water partition coefficient (Wildman–Crippen LogP) is 10.9. The second-order valence-electron chi connectivity index (χ2n) is 39.6. The van der Waals surface area contributed by atoms with E-state index in [1.807, 2.05) is 178 Å². The van der Waals surface area contributed by atoms with Crippen LogP contribution in [0.25, 0.3) is 44.5 Å². The molecule has 0 aromatic heterocycles. The van der Waals surface area contributed by atoms with E-state index in [0.717, 1.165) is 92.5 Å². The smallest absolute Gasteiger partial charge is 0.330 e. The summed E-state index contributed by atoms with van der Waals surface area (Å²) in [6, 6.07) is 51.9. The highest BCUT2D eigenvalue weighted by atomic mass is 35.5. The molecular weight excluding hydrogens is 1970 g/mol. The molecular formula is C112H118Cl2N10O26. The number of aliphatic hydroxyl groups is 6. The van der Waals surface area contributed by atoms with Crippen LogP contribution in [0.5, 0.6) is 46.0 Å². The molecule has 0 spiro atoms. The first-order valence-corrected chi connectivity index (χ1v) is 49.9. The number of halogens is 2. The normalized spacial score (nSPS) is 26.7. The number of likely N-dealkylation sites (N-methyl/N-ethyl adjacent to an activating group) is 1. The predicted molar refractivity (Wildman–Crippen MR) is 549 cm³/mol. The van der Waals surface area contributed by atoms with Crippen LogP contribution in [-0.2, 0) is 81.7 Å². The minimum absolute atomic E-state index is 0.147. The number of carbonyl (C=O) groups excluding carboxylic acids is 7. The minimum Gasteiger partial charge on any atom is -0.508 e. The number of hydrogen-bond acceptors (Lipinski definition) is 28. The number of fused-ring (bicyclic) bond motifs is 15. The molecule has 22 atom stereocenters. The lowest BCUT2D eigenvalue weighted by molar-refractivity contribution is -0.334. The second kappa shape index (κ2) is 45.8. The SMILES string of the molecule is CC(C)C[C@H](C(=O)N[C@H]1C(=O)N[C@@H](CC(N)=O)C(=O)N[C@H]2C(=O)N[C@H]3C(=O)N[C@H](C(=O)N[C@H](C(=O)O)c4cc(O)cc(O)c4-c4cc3ccc4O)[C@H](O[C@H]3C[C@](C)(NCc4ccc(-c5ccccc5)cc4)[C@@H](O)[C@H](C)O3)c3ccc(c(Cl)c3)Oc3cc2cc(c3O[C@@H]2O[C@H](CO)[C@@H](O)[C@H](O)[C@H]2O[C@H]2C[C@](C)(NCc3ccc(-c4ccccc4)cc3)[C@@H](O)[C@H](C)O2)Oc2ccc(cc2Cl)[C@H]1O)N(C)Cc1ccc(-c2ccccc2)cc1. The third kappa shape index (κ3) is 23.9. The molecule has 8 heterocycles. The van der Waals surface area contributed by atoms with Gasteiger partial charge in [-0.15, -0.1) is 0 Å². The van der Waals surface area contributed by atoms with Gasteiger partial charge in [0.2, 0.25) is 53.4 Å². The maximum absolute atomic E-state index is 17.0. The lowest BCUT2D eigenvalue weighted by Crippen LogP contribution is -2.65. The topological polar surface area (TPSA) is 538 Å². The van der Waals surface area contributed by atoms with Crippen molar-refractivity contribution in [2.45, 2.75) is 220 Å². The van der Waals surface area contributed by atoms with Gasteiger partial charge in [0.05, 0.1) is 53.5 Å². The number of phenols is 3. The zero-order valence-corrected chi connectivity index (χ0v) is 84.2. The summed E-state index contributed by atoms with van der Waals surface area (Å²) in [6.07, 6.45) is -23.1. The number of carboxylic acids is 1. The van der Waals surface area contributed by atoms with Crippen LogP contribution in [0.2, 0.25) is 10.0 Å². The Morgan fingerprint density at radius 2 is 1.02 bits per heavy atom. The summed E-state index contributed by atoms with van der Waals surface area (Å²) in [5.74, 6) is -16.2. The molecule has 8 aliphatic rings. The Kier molecular flexibility index (Phi) is 32.8. The number of hydrogen-bond donors (Lipinski definition) is 19. The summed E-state index contributed by atoms with van der Waals surface area (Å²) in [5.41, 5.74) is 8.75. The van der Waals surface area contributed by atoms with Gasteiger partial charge in [-0.25, -0.2) is 4.79 Å². The van der Waals surface area contributed by atoms with E-state index in [2.05, 4.69) is 42.5 Å². The van der Waals surface area contributed by atoms with Gasteiger partial charge in [-0.3, -0.25) is 38.5 Å². The fourth-order valence-corrected chi connectivity index (χ4v) is 20.4. The van der Waals surface area contributed by atoms with E-state index in [1.54, 1.807) is 39.6 Å². The van der Waals surface area contributed by atoms with Crippen LogP contribution < -0.4 is 62.5 Å². The van der Waals surface area contributed by atoms with Gasteiger partial charge in [-0.1, -0.05) is 219 Å². The van der Waals surface area contributed by atoms with Crippen LogP contribution in [0.15, 0.2) is 243 Å². The van der Waals surface area contributed by atoms with Gasteiger partial charge in [0.25, 0.3) is 0 Å². The molecule has 8 aliphatic heterocycles. The highest BCUT2D eigenvalue weighted by Crippen LogP contribution is 2.51. The third-order valence-corrected chi connectivity index (χ3v) is 28.8. The molecule has 150 heavy (non-hydrogen) atoms. The van der Waals surface area contributed by atoms with Crippen molar-refractivity contribution in [3.05, 3.63) is 297 Å². The lowest BCUT2D eigenvalue weighted by Gasteiger charge is -2.48. The van der Waals surface area contributed by atoms with E-state index in [1.165, 1.54) is 36.4 Å². The molecule has 38 heteroatoms. The number of primary amides is 1. The van der Waals surface area contributed by atoms with Crippen molar-refractivity contribution < 1.29 is 127 Å². The molecule has 0 saturated carbocycles. The lowest BCUT2D eigenvalue weighted by atomic mass is 9.84.